The first-order valence-corrected chi connectivity index (χ1v) is 4.58. The predicted octanol–water partition coefficient (Wildman–Crippen LogP) is 2.02. The molecule has 0 spiro atoms. The van der Waals surface area contributed by atoms with E-state index in [1.165, 1.54) is 0 Å². The zero-order valence-corrected chi connectivity index (χ0v) is 7.96. The lowest BCUT2D eigenvalue weighted by Crippen LogP contribution is -2.28. The van der Waals surface area contributed by atoms with Gasteiger partial charge in [-0.05, 0) is 5.56 Å². The molecule has 4 nitrogen and oxygen atoms in total. The molecule has 0 N–H and O–H groups in total. The topological polar surface area (TPSA) is 72.3 Å². The molecule has 15 heavy (non-hydrogen) atoms. The third kappa shape index (κ3) is 1.37. The van der Waals surface area contributed by atoms with Crippen molar-refractivity contribution in [3.05, 3.63) is 35.9 Å². The van der Waals surface area contributed by atoms with Gasteiger partial charge in [0.25, 0.3) is 5.54 Å². The summed E-state index contributed by atoms with van der Waals surface area (Å²) in [6.45, 7) is 0.408. The number of azo groups is 1. The Morgan fingerprint density at radius 3 is 2.47 bits per heavy atom. The molecule has 0 saturated carbocycles. The van der Waals surface area contributed by atoms with E-state index < -0.39 is 5.54 Å². The van der Waals surface area contributed by atoms with Crippen LogP contribution >= 0.6 is 0 Å². The molecule has 0 fully saturated rings. The zero-order valence-electron chi connectivity index (χ0n) is 7.96. The van der Waals surface area contributed by atoms with Crippen LogP contribution in [0.1, 0.15) is 11.5 Å². The molecule has 72 valence electrons. The SMILES string of the molecule is N#CC1(C#N)N=NCC1c1ccccc1. The number of rotatable bonds is 1. The van der Waals surface area contributed by atoms with Crippen molar-refractivity contribution in [2.24, 2.45) is 10.2 Å². The summed E-state index contributed by atoms with van der Waals surface area (Å²) in [5.74, 6) is -0.242. The molecule has 1 aromatic rings. The Labute approximate surface area is 87.5 Å². The molecule has 1 atom stereocenters. The number of nitrogens with zero attached hydrogens (tertiary/aromatic N) is 4. The van der Waals surface area contributed by atoms with Gasteiger partial charge in [-0.1, -0.05) is 30.3 Å². The highest BCUT2D eigenvalue weighted by Crippen LogP contribution is 2.36. The minimum atomic E-state index is -1.33. The van der Waals surface area contributed by atoms with E-state index in [0.717, 1.165) is 5.56 Å². The third-order valence-electron chi connectivity index (χ3n) is 2.54. The first-order chi connectivity index (χ1) is 7.32. The summed E-state index contributed by atoms with van der Waals surface area (Å²) in [5, 5.41) is 25.6. The summed E-state index contributed by atoms with van der Waals surface area (Å²) in [6, 6.07) is 13.4. The van der Waals surface area contributed by atoms with Gasteiger partial charge < -0.3 is 0 Å². The monoisotopic (exact) mass is 196 g/mol. The molecule has 0 bridgehead atoms. The van der Waals surface area contributed by atoms with Crippen LogP contribution in [0.25, 0.3) is 0 Å². The van der Waals surface area contributed by atoms with Gasteiger partial charge in [0.2, 0.25) is 0 Å². The Morgan fingerprint density at radius 2 is 1.87 bits per heavy atom. The summed E-state index contributed by atoms with van der Waals surface area (Å²) < 4.78 is 0. The van der Waals surface area contributed by atoms with Crippen molar-refractivity contribution in [2.75, 3.05) is 6.54 Å². The number of nitriles is 2. The molecule has 1 heterocycles. The second kappa shape index (κ2) is 3.51. The Hall–Kier alpha value is -2.20. The van der Waals surface area contributed by atoms with Crippen LogP contribution in [-0.4, -0.2) is 12.1 Å². The summed E-state index contributed by atoms with van der Waals surface area (Å²) in [7, 11) is 0. The van der Waals surface area contributed by atoms with Gasteiger partial charge in [-0.3, -0.25) is 0 Å². The highest BCUT2D eigenvalue weighted by molar-refractivity contribution is 5.37. The second-order valence-electron chi connectivity index (χ2n) is 3.38. The molecule has 0 radical (unpaired) electrons. The minimum Gasteiger partial charge on any atom is -0.194 e. The van der Waals surface area contributed by atoms with E-state index in [0.29, 0.717) is 6.54 Å². The molecule has 0 aromatic heterocycles. The normalized spacial score (nSPS) is 21.9. The molecule has 1 aromatic carbocycles. The fraction of sp³-hybridized carbons (Fsp3) is 0.273. The Bertz CT molecular complexity index is 450. The van der Waals surface area contributed by atoms with E-state index in [2.05, 4.69) is 10.2 Å². The number of benzene rings is 1. The van der Waals surface area contributed by atoms with E-state index in [4.69, 9.17) is 10.5 Å². The van der Waals surface area contributed by atoms with Crippen LogP contribution in [0.3, 0.4) is 0 Å². The first kappa shape index (κ1) is 9.36. The number of hydrogen-bond donors (Lipinski definition) is 0. The van der Waals surface area contributed by atoms with Crippen LogP contribution in [-0.2, 0) is 0 Å². The highest BCUT2D eigenvalue weighted by Gasteiger charge is 2.44. The van der Waals surface area contributed by atoms with Crippen LogP contribution in [0.4, 0.5) is 0 Å². The summed E-state index contributed by atoms with van der Waals surface area (Å²) >= 11 is 0. The fourth-order valence-electron chi connectivity index (χ4n) is 1.69. The Balaban J connectivity index is 2.42. The maximum Gasteiger partial charge on any atom is 0.260 e. The van der Waals surface area contributed by atoms with E-state index in [9.17, 15) is 0 Å². The van der Waals surface area contributed by atoms with Crippen molar-refractivity contribution in [3.8, 4) is 12.1 Å². The first-order valence-electron chi connectivity index (χ1n) is 4.58. The largest absolute Gasteiger partial charge is 0.260 e. The summed E-state index contributed by atoms with van der Waals surface area (Å²) in [5.41, 5.74) is -0.396. The van der Waals surface area contributed by atoms with Gasteiger partial charge in [0.1, 0.15) is 12.1 Å². The van der Waals surface area contributed by atoms with E-state index in [1.54, 1.807) is 0 Å². The van der Waals surface area contributed by atoms with Gasteiger partial charge in [0.05, 0.1) is 12.5 Å². The molecule has 0 aliphatic carbocycles. The lowest BCUT2D eigenvalue weighted by Gasteiger charge is -2.17. The molecule has 1 unspecified atom stereocenters. The van der Waals surface area contributed by atoms with Crippen LogP contribution in [0.15, 0.2) is 40.6 Å². The minimum absolute atomic E-state index is 0.242. The number of hydrogen-bond acceptors (Lipinski definition) is 4. The standard InChI is InChI=1S/C11H8N4/c12-7-11(8-13)10(6-14-15-11)9-4-2-1-3-5-9/h1-5,10H,6H2. The molecule has 4 heteroatoms. The van der Waals surface area contributed by atoms with Gasteiger partial charge >= 0.3 is 0 Å². The lowest BCUT2D eigenvalue weighted by molar-refractivity contribution is 0.601. The van der Waals surface area contributed by atoms with Gasteiger partial charge in [-0.25, -0.2) is 0 Å². The van der Waals surface area contributed by atoms with Crippen molar-refractivity contribution >= 4 is 0 Å². The van der Waals surface area contributed by atoms with Gasteiger partial charge in [-0.15, -0.1) is 0 Å². The smallest absolute Gasteiger partial charge is 0.194 e. The maximum absolute atomic E-state index is 9.02. The molecule has 0 saturated heterocycles. The zero-order chi connectivity index (χ0) is 10.7. The third-order valence-corrected chi connectivity index (χ3v) is 2.54. The summed E-state index contributed by atoms with van der Waals surface area (Å²) in [4.78, 5) is 0. The van der Waals surface area contributed by atoms with Crippen LogP contribution < -0.4 is 0 Å². The van der Waals surface area contributed by atoms with Gasteiger partial charge in [0, 0.05) is 0 Å². The Kier molecular flexibility index (Phi) is 2.19. The molecular weight excluding hydrogens is 188 g/mol. The molecule has 1 aliphatic heterocycles. The van der Waals surface area contributed by atoms with Crippen LogP contribution in [0.2, 0.25) is 0 Å². The van der Waals surface area contributed by atoms with Crippen molar-refractivity contribution in [1.29, 1.82) is 10.5 Å². The van der Waals surface area contributed by atoms with Crippen molar-refractivity contribution < 1.29 is 0 Å². The maximum atomic E-state index is 9.02. The van der Waals surface area contributed by atoms with Crippen LogP contribution in [0.5, 0.6) is 0 Å². The van der Waals surface area contributed by atoms with E-state index in [1.807, 2.05) is 42.5 Å². The molecule has 1 aliphatic rings. The average Bonchev–Trinajstić information content (AvgIpc) is 2.74. The predicted molar refractivity (Wildman–Crippen MR) is 52.9 cm³/mol. The molecule has 0 amide bonds. The van der Waals surface area contributed by atoms with E-state index in [-0.39, 0.29) is 5.92 Å². The molecule has 2 rings (SSSR count). The summed E-state index contributed by atoms with van der Waals surface area (Å²) in [6.07, 6.45) is 0. The fourth-order valence-corrected chi connectivity index (χ4v) is 1.69. The van der Waals surface area contributed by atoms with Crippen LogP contribution in [0, 0.1) is 22.7 Å². The average molecular weight is 196 g/mol. The quantitative estimate of drug-likeness (QED) is 0.689. The van der Waals surface area contributed by atoms with Gasteiger partial charge in [0.15, 0.2) is 0 Å². The second-order valence-corrected chi connectivity index (χ2v) is 3.38. The van der Waals surface area contributed by atoms with E-state index >= 15 is 0 Å². The van der Waals surface area contributed by atoms with Crippen molar-refractivity contribution in [3.63, 3.8) is 0 Å². The highest BCUT2D eigenvalue weighted by atomic mass is 15.2. The lowest BCUT2D eigenvalue weighted by atomic mass is 9.83. The van der Waals surface area contributed by atoms with Crippen molar-refractivity contribution in [1.82, 2.24) is 0 Å². The molecular formula is C11H8N4. The van der Waals surface area contributed by atoms with Crippen molar-refractivity contribution in [2.45, 2.75) is 11.5 Å². The Morgan fingerprint density at radius 1 is 1.20 bits per heavy atom. The van der Waals surface area contributed by atoms with Gasteiger partial charge in [-0.2, -0.15) is 20.8 Å².